The Labute approximate surface area is 180 Å². The van der Waals surface area contributed by atoms with Crippen LogP contribution < -0.4 is 9.47 Å². The maximum absolute atomic E-state index is 12.8. The Morgan fingerprint density at radius 3 is 2.37 bits per heavy atom. The predicted octanol–water partition coefficient (Wildman–Crippen LogP) is 5.27. The Balaban J connectivity index is 1.88. The molecule has 0 aliphatic heterocycles. The molecule has 0 heterocycles. The van der Waals surface area contributed by atoms with Crippen molar-refractivity contribution in [2.45, 2.75) is 11.5 Å². The Hall–Kier alpha value is -3.27. The predicted molar refractivity (Wildman–Crippen MR) is 116 cm³/mol. The minimum absolute atomic E-state index is 0.00511. The first-order valence-electron chi connectivity index (χ1n) is 8.91. The molecule has 152 valence electrons. The molecule has 0 aromatic heterocycles. The van der Waals surface area contributed by atoms with Crippen LogP contribution in [0.25, 0.3) is 6.08 Å². The van der Waals surface area contributed by atoms with Crippen LogP contribution in [0.2, 0.25) is 5.02 Å². The molecule has 0 radical (unpaired) electrons. The molecule has 0 spiro atoms. The van der Waals surface area contributed by atoms with E-state index in [9.17, 15) is 13.7 Å². The molecule has 0 aliphatic rings. The van der Waals surface area contributed by atoms with Crippen molar-refractivity contribution in [1.29, 1.82) is 5.26 Å². The maximum Gasteiger partial charge on any atom is 0.216 e. The van der Waals surface area contributed by atoms with Gasteiger partial charge in [-0.05, 0) is 53.6 Å². The highest BCUT2D eigenvalue weighted by molar-refractivity contribution is 7.95. The van der Waals surface area contributed by atoms with Gasteiger partial charge in [0.1, 0.15) is 17.6 Å². The summed E-state index contributed by atoms with van der Waals surface area (Å²) in [5.41, 5.74) is 1.50. The van der Waals surface area contributed by atoms with Gasteiger partial charge in [-0.3, -0.25) is 0 Å². The van der Waals surface area contributed by atoms with E-state index in [0.717, 1.165) is 5.56 Å². The number of nitrogens with zero attached hydrogens (tertiary/aromatic N) is 1. The zero-order valence-corrected chi connectivity index (χ0v) is 17.7. The number of hydrogen-bond donors (Lipinski definition) is 0. The second kappa shape index (κ2) is 9.49. The van der Waals surface area contributed by atoms with Gasteiger partial charge >= 0.3 is 0 Å². The van der Waals surface area contributed by atoms with Crippen LogP contribution in [0.5, 0.6) is 11.5 Å². The maximum atomic E-state index is 12.8. The van der Waals surface area contributed by atoms with E-state index >= 15 is 0 Å². The summed E-state index contributed by atoms with van der Waals surface area (Å²) in [6, 6.07) is 22.1. The Bertz CT molecular complexity index is 1200. The van der Waals surface area contributed by atoms with Crippen molar-refractivity contribution < 1.29 is 17.9 Å². The van der Waals surface area contributed by atoms with Crippen LogP contribution in [0, 0.1) is 11.3 Å². The second-order valence-corrected chi connectivity index (χ2v) is 8.62. The van der Waals surface area contributed by atoms with Crippen LogP contribution >= 0.6 is 11.6 Å². The van der Waals surface area contributed by atoms with Crippen molar-refractivity contribution in [3.63, 3.8) is 0 Å². The summed E-state index contributed by atoms with van der Waals surface area (Å²) in [6.07, 6.45) is 1.30. The van der Waals surface area contributed by atoms with E-state index in [-0.39, 0.29) is 9.80 Å². The van der Waals surface area contributed by atoms with Crippen LogP contribution in [-0.4, -0.2) is 15.5 Å². The molecular weight excluding hydrogens is 422 g/mol. The van der Waals surface area contributed by atoms with Gasteiger partial charge in [0.05, 0.1) is 12.0 Å². The highest BCUT2D eigenvalue weighted by Gasteiger charge is 2.21. The Morgan fingerprint density at radius 2 is 1.73 bits per heavy atom. The number of methoxy groups -OCH3 is 1. The fourth-order valence-electron chi connectivity index (χ4n) is 2.69. The zero-order valence-electron chi connectivity index (χ0n) is 16.1. The molecule has 0 N–H and O–H groups in total. The molecule has 0 saturated carbocycles. The van der Waals surface area contributed by atoms with E-state index in [1.54, 1.807) is 24.3 Å². The van der Waals surface area contributed by atoms with Crippen LogP contribution in [0.1, 0.15) is 11.1 Å². The standard InChI is InChI=1S/C23H18ClNO4S/c1-28-23-14-18(7-12-22(23)29-16-17-5-3-2-4-6-17)13-21(15-25)30(26,27)20-10-8-19(24)9-11-20/h2-14H,16H2,1H3/b21-13+. The van der Waals surface area contributed by atoms with Crippen molar-refractivity contribution in [1.82, 2.24) is 0 Å². The number of halogens is 1. The largest absolute Gasteiger partial charge is 0.493 e. The van der Waals surface area contributed by atoms with Crippen LogP contribution in [0.3, 0.4) is 0 Å². The zero-order chi connectivity index (χ0) is 21.6. The van der Waals surface area contributed by atoms with Gasteiger partial charge in [-0.15, -0.1) is 0 Å². The second-order valence-electron chi connectivity index (χ2n) is 6.26. The van der Waals surface area contributed by atoms with E-state index < -0.39 is 9.84 Å². The lowest BCUT2D eigenvalue weighted by Gasteiger charge is -2.11. The lowest BCUT2D eigenvalue weighted by Crippen LogP contribution is -2.03. The van der Waals surface area contributed by atoms with Crippen molar-refractivity contribution in [3.05, 3.63) is 93.9 Å². The fraction of sp³-hybridized carbons (Fsp3) is 0.0870. The van der Waals surface area contributed by atoms with Gasteiger partial charge in [0.2, 0.25) is 9.84 Å². The van der Waals surface area contributed by atoms with Crippen LogP contribution in [0.4, 0.5) is 0 Å². The third-order valence-corrected chi connectivity index (χ3v) is 6.18. The summed E-state index contributed by atoms with van der Waals surface area (Å²) in [7, 11) is -2.48. The van der Waals surface area contributed by atoms with Gasteiger partial charge in [-0.1, -0.05) is 48.0 Å². The van der Waals surface area contributed by atoms with Gasteiger partial charge in [-0.25, -0.2) is 8.42 Å². The third kappa shape index (κ3) is 5.01. The van der Waals surface area contributed by atoms with Gasteiger partial charge in [-0.2, -0.15) is 5.26 Å². The number of rotatable bonds is 7. The molecule has 0 atom stereocenters. The fourth-order valence-corrected chi connectivity index (χ4v) is 3.98. The van der Waals surface area contributed by atoms with E-state index in [1.165, 1.54) is 37.5 Å². The molecule has 0 amide bonds. The van der Waals surface area contributed by atoms with Gasteiger partial charge in [0.25, 0.3) is 0 Å². The molecular formula is C23H18ClNO4S. The smallest absolute Gasteiger partial charge is 0.216 e. The number of ether oxygens (including phenoxy) is 2. The van der Waals surface area contributed by atoms with Crippen LogP contribution in [-0.2, 0) is 16.4 Å². The number of benzene rings is 3. The first-order chi connectivity index (χ1) is 14.4. The molecule has 30 heavy (non-hydrogen) atoms. The molecule has 3 rings (SSSR count). The summed E-state index contributed by atoms with van der Waals surface area (Å²) in [5.74, 6) is 0.943. The molecule has 0 bridgehead atoms. The summed E-state index contributed by atoms with van der Waals surface area (Å²) in [5, 5.41) is 9.86. The van der Waals surface area contributed by atoms with Gasteiger partial charge < -0.3 is 9.47 Å². The number of allylic oxidation sites excluding steroid dienone is 1. The molecule has 0 fully saturated rings. The average Bonchev–Trinajstić information content (AvgIpc) is 2.77. The minimum atomic E-state index is -3.97. The van der Waals surface area contributed by atoms with Gasteiger partial charge in [0, 0.05) is 5.02 Å². The first-order valence-corrected chi connectivity index (χ1v) is 10.8. The number of sulfone groups is 1. The first kappa shape index (κ1) is 21.4. The third-order valence-electron chi connectivity index (χ3n) is 4.25. The van der Waals surface area contributed by atoms with Gasteiger partial charge in [0.15, 0.2) is 11.5 Å². The summed E-state index contributed by atoms with van der Waals surface area (Å²) < 4.78 is 36.7. The highest BCUT2D eigenvalue weighted by Crippen LogP contribution is 2.31. The number of nitriles is 1. The van der Waals surface area contributed by atoms with E-state index in [1.807, 2.05) is 30.3 Å². The van der Waals surface area contributed by atoms with Crippen molar-refractivity contribution in [2.24, 2.45) is 0 Å². The van der Waals surface area contributed by atoms with Crippen molar-refractivity contribution in [3.8, 4) is 17.6 Å². The molecule has 0 unspecified atom stereocenters. The summed E-state index contributed by atoms with van der Waals surface area (Å²) in [6.45, 7) is 0.362. The van der Waals surface area contributed by atoms with E-state index in [0.29, 0.717) is 28.7 Å². The average molecular weight is 440 g/mol. The monoisotopic (exact) mass is 439 g/mol. The van der Waals surface area contributed by atoms with E-state index in [2.05, 4.69) is 0 Å². The molecule has 3 aromatic carbocycles. The molecule has 3 aromatic rings. The molecule has 5 nitrogen and oxygen atoms in total. The molecule has 0 saturated heterocycles. The van der Waals surface area contributed by atoms with Crippen LogP contribution in [0.15, 0.2) is 82.6 Å². The lowest BCUT2D eigenvalue weighted by atomic mass is 10.2. The number of hydrogen-bond acceptors (Lipinski definition) is 5. The Morgan fingerprint density at radius 1 is 1.03 bits per heavy atom. The Kier molecular flexibility index (Phi) is 6.78. The SMILES string of the molecule is COc1cc(/C=C(\C#N)S(=O)(=O)c2ccc(Cl)cc2)ccc1OCc1ccccc1. The van der Waals surface area contributed by atoms with E-state index in [4.69, 9.17) is 21.1 Å². The molecule has 0 aliphatic carbocycles. The highest BCUT2D eigenvalue weighted by atomic mass is 35.5. The minimum Gasteiger partial charge on any atom is -0.493 e. The van der Waals surface area contributed by atoms with Crippen molar-refractivity contribution in [2.75, 3.05) is 7.11 Å². The summed E-state index contributed by atoms with van der Waals surface area (Å²) >= 11 is 5.82. The quantitative estimate of drug-likeness (QED) is 0.469. The normalized spacial score (nSPS) is 11.6. The lowest BCUT2D eigenvalue weighted by molar-refractivity contribution is 0.284. The topological polar surface area (TPSA) is 76.4 Å². The van der Waals surface area contributed by atoms with Crippen molar-refractivity contribution >= 4 is 27.5 Å². The molecule has 7 heteroatoms. The summed E-state index contributed by atoms with van der Waals surface area (Å²) in [4.78, 5) is -0.390.